The van der Waals surface area contributed by atoms with Crippen LogP contribution < -0.4 is 4.74 Å². The maximum Gasteiger partial charge on any atom is 0.341 e. The molecule has 0 saturated heterocycles. The Labute approximate surface area is 189 Å². The summed E-state index contributed by atoms with van der Waals surface area (Å²) in [6.07, 6.45) is 3.28. The van der Waals surface area contributed by atoms with E-state index in [1.165, 1.54) is 22.3 Å². The lowest BCUT2D eigenvalue weighted by atomic mass is 9.96. The summed E-state index contributed by atoms with van der Waals surface area (Å²) in [6, 6.07) is 24.9. The van der Waals surface area contributed by atoms with Gasteiger partial charge in [-0.25, -0.2) is 4.79 Å². The molecule has 30 heavy (non-hydrogen) atoms. The Morgan fingerprint density at radius 2 is 1.73 bits per heavy atom. The van der Waals surface area contributed by atoms with E-state index >= 15 is 0 Å². The van der Waals surface area contributed by atoms with Crippen LogP contribution in [0.1, 0.15) is 23.6 Å². The lowest BCUT2D eigenvalue weighted by Crippen LogP contribution is -2.09. The predicted molar refractivity (Wildman–Crippen MR) is 127 cm³/mol. The SMILES string of the molecule is CCc1ccc(C(=CCSc2ccc(OCC(=O)O)c(Br)c2)c2ccccc2)cc1. The Morgan fingerprint density at radius 1 is 1.03 bits per heavy atom. The fraction of sp³-hybridized carbons (Fsp3) is 0.160. The van der Waals surface area contributed by atoms with Gasteiger partial charge in [0.25, 0.3) is 0 Å². The summed E-state index contributed by atoms with van der Waals surface area (Å²) in [5.74, 6) is 0.339. The number of carboxylic acid groups (broad SMARTS) is 1. The maximum absolute atomic E-state index is 10.7. The molecule has 1 N–H and O–H groups in total. The third kappa shape index (κ3) is 6.25. The monoisotopic (exact) mass is 482 g/mol. The van der Waals surface area contributed by atoms with Gasteiger partial charge in [-0.1, -0.05) is 67.6 Å². The number of carbonyl (C=O) groups is 1. The molecular weight excluding hydrogens is 460 g/mol. The molecular formula is C25H23BrO3S. The topological polar surface area (TPSA) is 46.5 Å². The van der Waals surface area contributed by atoms with Crippen LogP contribution in [0.25, 0.3) is 5.57 Å². The van der Waals surface area contributed by atoms with Crippen LogP contribution >= 0.6 is 27.7 Å². The standard InChI is InChI=1S/C25H23BrO3S/c1-2-18-8-10-20(11-9-18)22(19-6-4-3-5-7-19)14-15-30-21-12-13-24(23(26)16-21)29-17-25(27)28/h3-14,16H,2,15,17H2,1H3,(H,27,28). The van der Waals surface area contributed by atoms with Crippen molar-refractivity contribution >= 4 is 39.2 Å². The fourth-order valence-corrected chi connectivity index (χ4v) is 4.44. The number of hydrogen-bond donors (Lipinski definition) is 1. The minimum absolute atomic E-state index is 0.356. The molecule has 0 atom stereocenters. The molecule has 0 aliphatic carbocycles. The molecule has 0 saturated carbocycles. The molecule has 3 nitrogen and oxygen atoms in total. The van der Waals surface area contributed by atoms with E-state index in [-0.39, 0.29) is 6.61 Å². The number of aliphatic carboxylic acids is 1. The summed E-state index contributed by atoms with van der Waals surface area (Å²) in [5, 5.41) is 8.75. The summed E-state index contributed by atoms with van der Waals surface area (Å²) in [7, 11) is 0. The Hall–Kier alpha value is -2.50. The molecule has 0 fully saturated rings. The van der Waals surface area contributed by atoms with Gasteiger partial charge in [-0.3, -0.25) is 0 Å². The molecule has 0 unspecified atom stereocenters. The van der Waals surface area contributed by atoms with Gasteiger partial charge in [0.15, 0.2) is 6.61 Å². The van der Waals surface area contributed by atoms with Crippen LogP contribution in [0.4, 0.5) is 0 Å². The first-order valence-corrected chi connectivity index (χ1v) is 11.5. The second kappa shape index (κ2) is 11.0. The number of aryl methyl sites for hydroxylation is 1. The van der Waals surface area contributed by atoms with E-state index < -0.39 is 5.97 Å². The molecule has 0 bridgehead atoms. The van der Waals surface area contributed by atoms with Crippen LogP contribution in [-0.4, -0.2) is 23.4 Å². The Kier molecular flexibility index (Phi) is 8.17. The van der Waals surface area contributed by atoms with Gasteiger partial charge in [-0.15, -0.1) is 11.8 Å². The molecule has 3 aromatic rings. The Bertz CT molecular complexity index is 1010. The lowest BCUT2D eigenvalue weighted by molar-refractivity contribution is -0.139. The normalized spacial score (nSPS) is 11.3. The first-order valence-electron chi connectivity index (χ1n) is 9.68. The first-order chi connectivity index (χ1) is 14.6. The van der Waals surface area contributed by atoms with E-state index in [1.807, 2.05) is 18.2 Å². The summed E-state index contributed by atoms with van der Waals surface area (Å²) < 4.78 is 6.01. The van der Waals surface area contributed by atoms with Crippen LogP contribution in [0.2, 0.25) is 0 Å². The molecule has 0 aliphatic heterocycles. The third-order valence-corrected chi connectivity index (χ3v) is 6.09. The van der Waals surface area contributed by atoms with Gasteiger partial charge in [0.2, 0.25) is 0 Å². The molecule has 154 valence electrons. The van der Waals surface area contributed by atoms with Crippen molar-refractivity contribution in [3.8, 4) is 5.75 Å². The highest BCUT2D eigenvalue weighted by Gasteiger charge is 2.07. The Balaban J connectivity index is 1.76. The van der Waals surface area contributed by atoms with Crippen molar-refractivity contribution in [3.63, 3.8) is 0 Å². The van der Waals surface area contributed by atoms with Crippen LogP contribution in [0.5, 0.6) is 5.75 Å². The molecule has 5 heteroatoms. The molecule has 0 aliphatic rings. The van der Waals surface area contributed by atoms with E-state index in [4.69, 9.17) is 9.84 Å². The smallest absolute Gasteiger partial charge is 0.341 e. The highest BCUT2D eigenvalue weighted by molar-refractivity contribution is 9.10. The van der Waals surface area contributed by atoms with Crippen molar-refractivity contribution in [2.24, 2.45) is 0 Å². The second-order valence-electron chi connectivity index (χ2n) is 6.62. The number of hydrogen-bond acceptors (Lipinski definition) is 3. The van der Waals surface area contributed by atoms with E-state index in [9.17, 15) is 4.79 Å². The maximum atomic E-state index is 10.7. The molecule has 3 aromatic carbocycles. The van der Waals surface area contributed by atoms with Crippen molar-refractivity contribution in [2.75, 3.05) is 12.4 Å². The molecule has 0 heterocycles. The van der Waals surface area contributed by atoms with Gasteiger partial charge in [0, 0.05) is 10.6 Å². The van der Waals surface area contributed by atoms with Gasteiger partial charge >= 0.3 is 5.97 Å². The summed E-state index contributed by atoms with van der Waals surface area (Å²) in [6.45, 7) is 1.81. The number of benzene rings is 3. The summed E-state index contributed by atoms with van der Waals surface area (Å²) in [5.41, 5.74) is 4.94. The zero-order chi connectivity index (χ0) is 21.3. The average molecular weight is 483 g/mol. The zero-order valence-corrected chi connectivity index (χ0v) is 19.1. The number of carboxylic acids is 1. The first kappa shape index (κ1) is 22.2. The second-order valence-corrected chi connectivity index (χ2v) is 8.57. The number of ether oxygens (including phenoxy) is 1. The number of rotatable bonds is 9. The van der Waals surface area contributed by atoms with Crippen molar-refractivity contribution in [1.82, 2.24) is 0 Å². The van der Waals surface area contributed by atoms with Gasteiger partial charge in [-0.2, -0.15) is 0 Å². The van der Waals surface area contributed by atoms with Crippen molar-refractivity contribution < 1.29 is 14.6 Å². The Morgan fingerprint density at radius 3 is 2.37 bits per heavy atom. The van der Waals surface area contributed by atoms with Crippen molar-refractivity contribution in [3.05, 3.63) is 100 Å². The van der Waals surface area contributed by atoms with Gasteiger partial charge in [0.1, 0.15) is 5.75 Å². The third-order valence-electron chi connectivity index (χ3n) is 4.55. The minimum Gasteiger partial charge on any atom is -0.481 e. The molecule has 0 spiro atoms. The molecule has 3 rings (SSSR count). The van der Waals surface area contributed by atoms with E-state index in [0.717, 1.165) is 21.5 Å². The van der Waals surface area contributed by atoms with Crippen LogP contribution in [-0.2, 0) is 11.2 Å². The largest absolute Gasteiger partial charge is 0.481 e. The fourth-order valence-electron chi connectivity index (χ4n) is 2.99. The number of thioether (sulfide) groups is 1. The van der Waals surface area contributed by atoms with E-state index in [0.29, 0.717) is 5.75 Å². The molecule has 0 amide bonds. The van der Waals surface area contributed by atoms with Crippen molar-refractivity contribution in [1.29, 1.82) is 0 Å². The predicted octanol–water partition coefficient (Wildman–Crippen LogP) is 6.70. The average Bonchev–Trinajstić information content (AvgIpc) is 2.77. The molecule has 0 aromatic heterocycles. The van der Waals surface area contributed by atoms with Crippen molar-refractivity contribution in [2.45, 2.75) is 18.2 Å². The van der Waals surface area contributed by atoms with Gasteiger partial charge in [0.05, 0.1) is 4.47 Å². The highest BCUT2D eigenvalue weighted by atomic mass is 79.9. The molecule has 0 radical (unpaired) electrons. The zero-order valence-electron chi connectivity index (χ0n) is 16.7. The minimum atomic E-state index is -0.995. The van der Waals surface area contributed by atoms with Gasteiger partial charge < -0.3 is 9.84 Å². The van der Waals surface area contributed by atoms with Crippen LogP contribution in [0, 0.1) is 0 Å². The lowest BCUT2D eigenvalue weighted by Gasteiger charge is -2.10. The highest BCUT2D eigenvalue weighted by Crippen LogP contribution is 2.31. The van der Waals surface area contributed by atoms with Crippen LogP contribution in [0.15, 0.2) is 88.2 Å². The van der Waals surface area contributed by atoms with Gasteiger partial charge in [-0.05, 0) is 62.8 Å². The van der Waals surface area contributed by atoms with E-state index in [1.54, 1.807) is 17.8 Å². The van der Waals surface area contributed by atoms with E-state index in [2.05, 4.69) is 77.5 Å². The van der Waals surface area contributed by atoms with Crippen LogP contribution in [0.3, 0.4) is 0 Å². The summed E-state index contributed by atoms with van der Waals surface area (Å²) in [4.78, 5) is 11.8. The number of halogens is 1. The quantitative estimate of drug-likeness (QED) is 0.344. The summed E-state index contributed by atoms with van der Waals surface area (Å²) >= 11 is 5.17.